The van der Waals surface area contributed by atoms with Crippen molar-refractivity contribution < 1.29 is 19.2 Å². The number of aryl methyl sites for hydroxylation is 2. The number of hydrogen-bond acceptors (Lipinski definition) is 8. The zero-order valence-corrected chi connectivity index (χ0v) is 29.5. The van der Waals surface area contributed by atoms with Crippen molar-refractivity contribution in [2.45, 2.75) is 65.7 Å². The normalized spacial score (nSPS) is 19.4. The topological polar surface area (TPSA) is 156 Å². The van der Waals surface area contributed by atoms with Gasteiger partial charge in [0.05, 0.1) is 28.8 Å². The van der Waals surface area contributed by atoms with Gasteiger partial charge in [0.15, 0.2) is 5.82 Å². The van der Waals surface area contributed by atoms with Crippen molar-refractivity contribution in [1.29, 1.82) is 0 Å². The number of amides is 4. The Balaban J connectivity index is 1.38. The maximum atomic E-state index is 14.4. The third-order valence-corrected chi connectivity index (χ3v) is 9.83. The van der Waals surface area contributed by atoms with Crippen LogP contribution in [0.25, 0.3) is 15.9 Å². The van der Waals surface area contributed by atoms with Crippen LogP contribution in [-0.2, 0) is 27.3 Å². The second-order valence-electron chi connectivity index (χ2n) is 13.0. The highest BCUT2D eigenvalue weighted by molar-refractivity contribution is 7.20. The molecule has 6 rings (SSSR count). The summed E-state index contributed by atoms with van der Waals surface area (Å²) < 4.78 is 3.28. The summed E-state index contributed by atoms with van der Waals surface area (Å²) in [5.74, 6) is -0.866. The van der Waals surface area contributed by atoms with E-state index in [1.165, 1.54) is 20.9 Å². The Morgan fingerprint density at radius 2 is 1.60 bits per heavy atom. The average Bonchev–Trinajstić information content (AvgIpc) is 3.77. The van der Waals surface area contributed by atoms with E-state index in [9.17, 15) is 19.2 Å². The summed E-state index contributed by atoms with van der Waals surface area (Å²) in [6.45, 7) is 8.68. The summed E-state index contributed by atoms with van der Waals surface area (Å²) >= 11 is 1.31. The lowest BCUT2D eigenvalue weighted by atomic mass is 10.0. The zero-order chi connectivity index (χ0) is 35.5. The molecular formula is C36H41N9O4S. The molecule has 1 aliphatic heterocycles. The van der Waals surface area contributed by atoms with Crippen LogP contribution in [0.2, 0.25) is 0 Å². The molecule has 3 aromatic heterocycles. The molecule has 0 bridgehead atoms. The number of rotatable bonds is 5. The van der Waals surface area contributed by atoms with Crippen LogP contribution in [0.3, 0.4) is 0 Å². The predicted octanol–water partition coefficient (Wildman–Crippen LogP) is 3.50. The van der Waals surface area contributed by atoms with Crippen LogP contribution in [0.15, 0.2) is 66.7 Å². The molecule has 0 saturated carbocycles. The Morgan fingerprint density at radius 3 is 2.30 bits per heavy atom. The largest absolute Gasteiger partial charge is 0.350 e. The molecule has 260 valence electrons. The summed E-state index contributed by atoms with van der Waals surface area (Å²) in [7, 11) is 0. The Bertz CT molecular complexity index is 2020. The van der Waals surface area contributed by atoms with Gasteiger partial charge in [0.25, 0.3) is 5.91 Å². The predicted molar refractivity (Wildman–Crippen MR) is 190 cm³/mol. The number of carbonyl (C=O) groups excluding carboxylic acids is 4. The molecule has 13 nitrogen and oxygen atoms in total. The molecule has 5 aromatic rings. The molecule has 3 N–H and O–H groups in total. The molecule has 0 unspecified atom stereocenters. The second kappa shape index (κ2) is 14.6. The van der Waals surface area contributed by atoms with E-state index >= 15 is 0 Å². The van der Waals surface area contributed by atoms with Gasteiger partial charge >= 0.3 is 0 Å². The van der Waals surface area contributed by atoms with Crippen molar-refractivity contribution in [3.8, 4) is 5.69 Å². The average molecular weight is 696 g/mol. The number of nitrogens with zero attached hydrogens (tertiary/aromatic N) is 6. The fraction of sp³-hybridized carbons (Fsp3) is 0.361. The number of nitrogens with one attached hydrogen (secondary N) is 3. The lowest BCUT2D eigenvalue weighted by Gasteiger charge is -2.31. The highest BCUT2D eigenvalue weighted by Gasteiger charge is 2.31. The third-order valence-electron chi connectivity index (χ3n) is 8.73. The zero-order valence-electron chi connectivity index (χ0n) is 28.7. The van der Waals surface area contributed by atoms with Gasteiger partial charge < -0.3 is 20.9 Å². The van der Waals surface area contributed by atoms with Gasteiger partial charge in [0.1, 0.15) is 23.2 Å². The molecule has 0 radical (unpaired) electrons. The van der Waals surface area contributed by atoms with E-state index in [-0.39, 0.29) is 31.5 Å². The van der Waals surface area contributed by atoms with E-state index in [2.05, 4.69) is 26.0 Å². The lowest BCUT2D eigenvalue weighted by Crippen LogP contribution is -2.54. The van der Waals surface area contributed by atoms with Crippen LogP contribution in [0.5, 0.6) is 0 Å². The SMILES string of the molecule is Cc1nc2n(n1)CC(=O)N[C@H](C)C(=O)N[C@@H](C(C)C)CN(C(=O)c1cc3c(C)nn(-c4ccccc4)c3s1)CC(=O)N[C@H]2Cc1ccccc1. The first kappa shape index (κ1) is 34.5. The number of aromatic nitrogens is 5. The number of thiophene rings is 1. The number of carbonyl (C=O) groups is 4. The Morgan fingerprint density at radius 1 is 0.920 bits per heavy atom. The standard InChI is InChI=1S/C36H41N9O4S/c1-21(2)29-18-43(35(49)30-17-27-22(3)41-45(36(27)50-30)26-14-10-7-11-15-26)19-31(46)39-28(16-25-12-8-6-9-13-25)33-38-24(5)42-44(33)20-32(47)37-23(4)34(48)40-29/h6-15,17,21,23,28-29H,16,18-20H2,1-5H3,(H,37,47)(H,39,46)(H,40,48)/t23-,28+,29-/m1/s1. The van der Waals surface area contributed by atoms with Gasteiger partial charge in [-0.3, -0.25) is 19.2 Å². The molecule has 1 aliphatic rings. The van der Waals surface area contributed by atoms with Gasteiger partial charge in [-0.2, -0.15) is 10.2 Å². The number of para-hydroxylation sites is 1. The van der Waals surface area contributed by atoms with Crippen LogP contribution < -0.4 is 16.0 Å². The number of fused-ring (bicyclic) bond motifs is 2. The minimum absolute atomic E-state index is 0.0625. The van der Waals surface area contributed by atoms with E-state index in [1.807, 2.05) is 92.2 Å². The first-order chi connectivity index (χ1) is 24.0. The van der Waals surface area contributed by atoms with Crippen molar-refractivity contribution in [3.63, 3.8) is 0 Å². The lowest BCUT2D eigenvalue weighted by molar-refractivity contribution is -0.129. The van der Waals surface area contributed by atoms with Crippen molar-refractivity contribution >= 4 is 45.2 Å². The Kier molecular flexibility index (Phi) is 10.1. The third kappa shape index (κ3) is 7.59. The van der Waals surface area contributed by atoms with Crippen LogP contribution in [0.4, 0.5) is 0 Å². The monoisotopic (exact) mass is 695 g/mol. The summed E-state index contributed by atoms with van der Waals surface area (Å²) in [6, 6.07) is 19.1. The van der Waals surface area contributed by atoms with Gasteiger partial charge in [0, 0.05) is 18.0 Å². The highest BCUT2D eigenvalue weighted by atomic mass is 32.1. The minimum Gasteiger partial charge on any atom is -0.350 e. The van der Waals surface area contributed by atoms with Crippen molar-refractivity contribution in [3.05, 3.63) is 94.5 Å². The molecule has 0 spiro atoms. The summed E-state index contributed by atoms with van der Waals surface area (Å²) in [5.41, 5.74) is 2.59. The fourth-order valence-electron chi connectivity index (χ4n) is 6.04. The van der Waals surface area contributed by atoms with E-state index in [0.29, 0.717) is 22.9 Å². The van der Waals surface area contributed by atoms with Gasteiger partial charge in [-0.15, -0.1) is 11.3 Å². The second-order valence-corrected chi connectivity index (χ2v) is 14.0. The Hall–Kier alpha value is -5.37. The van der Waals surface area contributed by atoms with Gasteiger partial charge in [-0.05, 0) is 56.9 Å². The summed E-state index contributed by atoms with van der Waals surface area (Å²) in [4.78, 5) is 62.3. The van der Waals surface area contributed by atoms with E-state index in [0.717, 1.165) is 27.2 Å². The Labute approximate surface area is 294 Å². The maximum absolute atomic E-state index is 14.4. The fourth-order valence-corrected chi connectivity index (χ4v) is 7.20. The van der Waals surface area contributed by atoms with Crippen molar-refractivity contribution in [2.75, 3.05) is 13.1 Å². The molecule has 0 saturated heterocycles. The molecule has 0 fully saturated rings. The first-order valence-electron chi connectivity index (χ1n) is 16.6. The van der Waals surface area contributed by atoms with Gasteiger partial charge in [0.2, 0.25) is 17.7 Å². The molecule has 50 heavy (non-hydrogen) atoms. The molecule has 0 aliphatic carbocycles. The summed E-state index contributed by atoms with van der Waals surface area (Å²) in [5, 5.41) is 18.9. The molecule has 14 heteroatoms. The van der Waals surface area contributed by atoms with Crippen molar-refractivity contribution in [1.82, 2.24) is 45.4 Å². The van der Waals surface area contributed by atoms with Crippen molar-refractivity contribution in [2.24, 2.45) is 5.92 Å². The van der Waals surface area contributed by atoms with Gasteiger partial charge in [-0.25, -0.2) is 14.3 Å². The van der Waals surface area contributed by atoms with Gasteiger partial charge in [-0.1, -0.05) is 62.4 Å². The highest BCUT2D eigenvalue weighted by Crippen LogP contribution is 2.31. The molecule has 3 atom stereocenters. The van der Waals surface area contributed by atoms with Crippen LogP contribution >= 0.6 is 11.3 Å². The molecule has 2 aromatic carbocycles. The number of hydrogen-bond donors (Lipinski definition) is 3. The maximum Gasteiger partial charge on any atom is 0.264 e. The van der Waals surface area contributed by atoms with E-state index in [4.69, 9.17) is 5.10 Å². The van der Waals surface area contributed by atoms with Crippen LogP contribution in [0.1, 0.15) is 59.4 Å². The van der Waals surface area contributed by atoms with Crippen LogP contribution in [-0.4, -0.2) is 78.2 Å². The quantitative estimate of drug-likeness (QED) is 0.254. The molecule has 4 amide bonds. The van der Waals surface area contributed by atoms with Crippen LogP contribution in [0, 0.1) is 19.8 Å². The van der Waals surface area contributed by atoms with E-state index < -0.39 is 35.8 Å². The first-order valence-corrected chi connectivity index (χ1v) is 17.5. The minimum atomic E-state index is -0.863. The molecular weight excluding hydrogens is 655 g/mol. The smallest absolute Gasteiger partial charge is 0.264 e. The number of benzene rings is 2. The van der Waals surface area contributed by atoms with E-state index in [1.54, 1.807) is 13.8 Å². The molecule has 4 heterocycles. The summed E-state index contributed by atoms with van der Waals surface area (Å²) in [6.07, 6.45) is 0.372.